The fourth-order valence-electron chi connectivity index (χ4n) is 2.46. The maximum atomic E-state index is 12.7. The molecule has 0 atom stereocenters. The van der Waals surface area contributed by atoms with E-state index in [1.54, 1.807) is 11.3 Å². The van der Waals surface area contributed by atoms with Crippen LogP contribution in [0.15, 0.2) is 41.8 Å². The number of hydrogen-bond acceptors (Lipinski definition) is 3. The van der Waals surface area contributed by atoms with Crippen LogP contribution in [0.1, 0.15) is 23.3 Å². The summed E-state index contributed by atoms with van der Waals surface area (Å²) in [6.45, 7) is 0.550. The Hall–Kier alpha value is -2.02. The van der Waals surface area contributed by atoms with Gasteiger partial charge in [-0.05, 0) is 42.5 Å². The lowest BCUT2D eigenvalue weighted by atomic mass is 10.2. The molecule has 1 aromatic heterocycles. The van der Waals surface area contributed by atoms with Gasteiger partial charge in [-0.3, -0.25) is 4.79 Å². The van der Waals surface area contributed by atoms with Crippen molar-refractivity contribution in [2.24, 2.45) is 0 Å². The fourth-order valence-corrected chi connectivity index (χ4v) is 3.16. The normalized spacial score (nSPS) is 14.5. The summed E-state index contributed by atoms with van der Waals surface area (Å²) in [4.78, 5) is 15.4. The number of hydrogen-bond donors (Lipinski definition) is 1. The summed E-state index contributed by atoms with van der Waals surface area (Å²) in [6, 6.07) is 9.07. The second-order valence-corrected chi connectivity index (χ2v) is 6.80. The van der Waals surface area contributed by atoms with E-state index < -0.39 is 11.7 Å². The van der Waals surface area contributed by atoms with E-state index in [0.29, 0.717) is 12.2 Å². The predicted octanol–water partition coefficient (Wildman–Crippen LogP) is 4.37. The van der Waals surface area contributed by atoms with E-state index in [1.807, 2.05) is 22.4 Å². The Morgan fingerprint density at radius 2 is 2.04 bits per heavy atom. The van der Waals surface area contributed by atoms with Gasteiger partial charge in [-0.15, -0.1) is 11.3 Å². The van der Waals surface area contributed by atoms with Crippen LogP contribution in [0.5, 0.6) is 0 Å². The molecule has 0 bridgehead atoms. The number of benzene rings is 1. The molecule has 1 heterocycles. The van der Waals surface area contributed by atoms with Gasteiger partial charge in [0.25, 0.3) is 0 Å². The van der Waals surface area contributed by atoms with Gasteiger partial charge in [-0.1, -0.05) is 12.1 Å². The van der Waals surface area contributed by atoms with E-state index >= 15 is 0 Å². The number of carbonyl (C=O) groups excluding carboxylic acids is 1. The van der Waals surface area contributed by atoms with Crippen LogP contribution in [-0.4, -0.2) is 23.4 Å². The zero-order valence-electron chi connectivity index (χ0n) is 12.8. The van der Waals surface area contributed by atoms with Crippen LogP contribution < -0.4 is 5.32 Å². The zero-order chi connectivity index (χ0) is 17.2. The van der Waals surface area contributed by atoms with Crippen molar-refractivity contribution in [3.63, 3.8) is 0 Å². The molecule has 0 aliphatic heterocycles. The third kappa shape index (κ3) is 4.29. The number of alkyl halides is 3. The second-order valence-electron chi connectivity index (χ2n) is 5.76. The minimum atomic E-state index is -4.39. The summed E-state index contributed by atoms with van der Waals surface area (Å²) >= 11 is 1.59. The topological polar surface area (TPSA) is 32.3 Å². The molecule has 1 aliphatic carbocycles. The average molecular weight is 354 g/mol. The van der Waals surface area contributed by atoms with Gasteiger partial charge in [0.15, 0.2) is 0 Å². The van der Waals surface area contributed by atoms with Gasteiger partial charge in [0.2, 0.25) is 5.91 Å². The van der Waals surface area contributed by atoms with E-state index in [9.17, 15) is 18.0 Å². The molecule has 3 nitrogen and oxygen atoms in total. The van der Waals surface area contributed by atoms with Gasteiger partial charge in [0.05, 0.1) is 18.7 Å². The molecule has 1 fully saturated rings. The van der Waals surface area contributed by atoms with Crippen LogP contribution >= 0.6 is 11.3 Å². The van der Waals surface area contributed by atoms with Crippen molar-refractivity contribution in [2.75, 3.05) is 11.9 Å². The summed E-state index contributed by atoms with van der Waals surface area (Å²) in [5.41, 5.74) is -0.428. The van der Waals surface area contributed by atoms with Gasteiger partial charge in [-0.2, -0.15) is 13.2 Å². The Morgan fingerprint density at radius 1 is 1.25 bits per heavy atom. The number of halogens is 3. The predicted molar refractivity (Wildman–Crippen MR) is 87.8 cm³/mol. The highest BCUT2D eigenvalue weighted by Gasteiger charge is 2.33. The second kappa shape index (κ2) is 6.84. The molecule has 128 valence electrons. The smallest absolute Gasteiger partial charge is 0.376 e. The third-order valence-electron chi connectivity index (χ3n) is 3.85. The number of nitrogens with one attached hydrogen (secondary N) is 1. The molecule has 1 amide bonds. The maximum Gasteiger partial charge on any atom is 0.416 e. The molecule has 0 unspecified atom stereocenters. The molecule has 1 N–H and O–H groups in total. The van der Waals surface area contributed by atoms with Crippen molar-refractivity contribution in [1.29, 1.82) is 0 Å². The van der Waals surface area contributed by atoms with Gasteiger partial charge in [-0.25, -0.2) is 0 Å². The van der Waals surface area contributed by atoms with Crippen molar-refractivity contribution >= 4 is 22.9 Å². The lowest BCUT2D eigenvalue weighted by Gasteiger charge is -2.22. The molecule has 24 heavy (non-hydrogen) atoms. The maximum absolute atomic E-state index is 12.7. The first-order valence-corrected chi connectivity index (χ1v) is 8.54. The van der Waals surface area contributed by atoms with Crippen LogP contribution in [0.3, 0.4) is 0 Å². The Labute approximate surface area is 142 Å². The first-order chi connectivity index (χ1) is 11.4. The fraction of sp³-hybridized carbons (Fsp3) is 0.353. The van der Waals surface area contributed by atoms with Crippen molar-refractivity contribution in [2.45, 2.75) is 31.6 Å². The van der Waals surface area contributed by atoms with E-state index in [4.69, 9.17) is 0 Å². The number of anilines is 1. The number of thiophene rings is 1. The minimum absolute atomic E-state index is 0.0107. The SMILES string of the molecule is O=C(CNc1cccc(C(F)(F)F)c1)N(Cc1cccs1)C1CC1. The summed E-state index contributed by atoms with van der Waals surface area (Å²) in [7, 11) is 0. The first-order valence-electron chi connectivity index (χ1n) is 7.66. The Bertz CT molecular complexity index is 696. The first kappa shape index (κ1) is 16.8. The number of rotatable bonds is 6. The van der Waals surface area contributed by atoms with Crippen molar-refractivity contribution in [3.05, 3.63) is 52.2 Å². The molecule has 0 saturated heterocycles. The Morgan fingerprint density at radius 3 is 2.67 bits per heavy atom. The minimum Gasteiger partial charge on any atom is -0.376 e. The van der Waals surface area contributed by atoms with Gasteiger partial charge in [0, 0.05) is 16.6 Å². The largest absolute Gasteiger partial charge is 0.416 e. The summed E-state index contributed by atoms with van der Waals surface area (Å²) in [5, 5.41) is 4.78. The molecule has 0 spiro atoms. The van der Waals surface area contributed by atoms with Gasteiger partial charge < -0.3 is 10.2 Å². The highest BCUT2D eigenvalue weighted by molar-refractivity contribution is 7.09. The molecule has 3 rings (SSSR count). The van der Waals surface area contributed by atoms with Crippen molar-refractivity contribution in [3.8, 4) is 0 Å². The van der Waals surface area contributed by atoms with Crippen LogP contribution in [0.2, 0.25) is 0 Å². The standard InChI is InChI=1S/C17H17F3N2OS/c18-17(19,20)12-3-1-4-13(9-12)21-10-16(23)22(14-6-7-14)11-15-5-2-8-24-15/h1-5,8-9,14,21H,6-7,10-11H2. The number of amides is 1. The summed E-state index contributed by atoms with van der Waals surface area (Å²) in [5.74, 6) is -0.0942. The van der Waals surface area contributed by atoms with Crippen molar-refractivity contribution < 1.29 is 18.0 Å². The van der Waals surface area contributed by atoms with Gasteiger partial charge >= 0.3 is 6.18 Å². The molecule has 1 aromatic carbocycles. The summed E-state index contributed by atoms with van der Waals surface area (Å²) < 4.78 is 38.2. The number of nitrogens with zero attached hydrogens (tertiary/aromatic N) is 1. The molecule has 2 aromatic rings. The van der Waals surface area contributed by atoms with E-state index in [-0.39, 0.29) is 18.5 Å². The third-order valence-corrected chi connectivity index (χ3v) is 4.71. The lowest BCUT2D eigenvalue weighted by Crippen LogP contribution is -2.36. The summed E-state index contributed by atoms with van der Waals surface area (Å²) in [6.07, 6.45) is -2.41. The monoisotopic (exact) mass is 354 g/mol. The quantitative estimate of drug-likeness (QED) is 0.835. The molecule has 7 heteroatoms. The van der Waals surface area contributed by atoms with Crippen molar-refractivity contribution in [1.82, 2.24) is 4.90 Å². The molecule has 0 radical (unpaired) electrons. The van der Waals surface area contributed by atoms with Gasteiger partial charge in [0.1, 0.15) is 0 Å². The van der Waals surface area contributed by atoms with E-state index in [1.165, 1.54) is 12.1 Å². The molecule has 1 saturated carbocycles. The molecule has 1 aliphatic rings. The highest BCUT2D eigenvalue weighted by atomic mass is 32.1. The molecular weight excluding hydrogens is 337 g/mol. The molecular formula is C17H17F3N2OS. The Balaban J connectivity index is 1.61. The van der Waals surface area contributed by atoms with Crippen LogP contribution in [0, 0.1) is 0 Å². The van der Waals surface area contributed by atoms with E-state index in [0.717, 1.165) is 29.9 Å². The zero-order valence-corrected chi connectivity index (χ0v) is 13.7. The van der Waals surface area contributed by atoms with E-state index in [2.05, 4.69) is 5.32 Å². The lowest BCUT2D eigenvalue weighted by molar-refractivity contribution is -0.137. The van der Waals surface area contributed by atoms with Crippen LogP contribution in [0.4, 0.5) is 18.9 Å². The average Bonchev–Trinajstić information content (AvgIpc) is 3.26. The Kier molecular flexibility index (Phi) is 4.80. The number of carbonyl (C=O) groups is 1. The van der Waals surface area contributed by atoms with Crippen LogP contribution in [0.25, 0.3) is 0 Å². The van der Waals surface area contributed by atoms with Crippen LogP contribution in [-0.2, 0) is 17.5 Å². The highest BCUT2D eigenvalue weighted by Crippen LogP contribution is 2.31.